The fourth-order valence-electron chi connectivity index (χ4n) is 1.62. The summed E-state index contributed by atoms with van der Waals surface area (Å²) in [7, 11) is 2.04. The Hall–Kier alpha value is -1.10. The molecule has 0 aliphatic carbocycles. The van der Waals surface area contributed by atoms with Crippen LogP contribution in [-0.2, 0) is 19.6 Å². The van der Waals surface area contributed by atoms with Gasteiger partial charge in [-0.25, -0.2) is 9.48 Å². The highest BCUT2D eigenvalue weighted by Crippen LogP contribution is 2.04. The number of hydrogen-bond donors (Lipinski definition) is 0. The summed E-state index contributed by atoms with van der Waals surface area (Å²) in [5, 5.41) is 4.24. The van der Waals surface area contributed by atoms with Gasteiger partial charge in [0.15, 0.2) is 0 Å². The monoisotopic (exact) mass is 182 g/mol. The van der Waals surface area contributed by atoms with Crippen molar-refractivity contribution in [3.8, 4) is 0 Å². The minimum atomic E-state index is 0.0330. The Balaban J connectivity index is 2.45. The quantitative estimate of drug-likeness (QED) is 0.588. The highest BCUT2D eigenvalue weighted by Gasteiger charge is 2.18. The zero-order valence-electron chi connectivity index (χ0n) is 8.03. The van der Waals surface area contributed by atoms with Gasteiger partial charge < -0.3 is 0 Å². The van der Waals surface area contributed by atoms with Crippen LogP contribution < -0.4 is 5.69 Å². The predicted octanol–water partition coefficient (Wildman–Crippen LogP) is -0.490. The Labute approximate surface area is 76.6 Å². The lowest BCUT2D eigenvalue weighted by atomic mass is 10.4. The number of aryl methyl sites for hydroxylation is 1. The van der Waals surface area contributed by atoms with Gasteiger partial charge in [-0.3, -0.25) is 9.47 Å². The zero-order valence-corrected chi connectivity index (χ0v) is 8.03. The van der Waals surface area contributed by atoms with Crippen molar-refractivity contribution in [2.45, 2.75) is 26.6 Å². The van der Waals surface area contributed by atoms with E-state index in [1.165, 1.54) is 4.68 Å². The van der Waals surface area contributed by atoms with Gasteiger partial charge in [-0.15, -0.1) is 0 Å². The van der Waals surface area contributed by atoms with Gasteiger partial charge in [0, 0.05) is 19.6 Å². The van der Waals surface area contributed by atoms with Gasteiger partial charge in [0.05, 0.1) is 6.54 Å². The number of hydrogen-bond acceptors (Lipinski definition) is 3. The van der Waals surface area contributed by atoms with Crippen molar-refractivity contribution in [3.05, 3.63) is 16.3 Å². The number of aromatic nitrogens is 3. The van der Waals surface area contributed by atoms with Crippen LogP contribution in [0, 0.1) is 0 Å². The average Bonchev–Trinajstić information content (AvgIpc) is 2.42. The molecule has 13 heavy (non-hydrogen) atoms. The van der Waals surface area contributed by atoms with Crippen molar-refractivity contribution in [1.82, 2.24) is 19.2 Å². The standard InChI is InChI=1S/C8H14N4O/c1-3-12-8(13)11-5-4-10(2)6-7(11)9-12/h3-6H2,1-2H3. The van der Waals surface area contributed by atoms with Crippen LogP contribution in [0.3, 0.4) is 0 Å². The Morgan fingerprint density at radius 3 is 2.92 bits per heavy atom. The summed E-state index contributed by atoms with van der Waals surface area (Å²) < 4.78 is 3.29. The molecule has 0 fully saturated rings. The van der Waals surface area contributed by atoms with Gasteiger partial charge in [0.25, 0.3) is 0 Å². The van der Waals surface area contributed by atoms with Gasteiger partial charge in [-0.1, -0.05) is 0 Å². The SMILES string of the molecule is CCn1nc2n(c1=O)CCN(C)C2. The van der Waals surface area contributed by atoms with E-state index in [0.29, 0.717) is 6.54 Å². The van der Waals surface area contributed by atoms with E-state index in [4.69, 9.17) is 0 Å². The van der Waals surface area contributed by atoms with Crippen LogP contribution in [-0.4, -0.2) is 32.8 Å². The Morgan fingerprint density at radius 2 is 2.23 bits per heavy atom. The molecule has 0 amide bonds. The summed E-state index contributed by atoms with van der Waals surface area (Å²) in [6, 6.07) is 0. The smallest absolute Gasteiger partial charge is 0.297 e. The van der Waals surface area contributed by atoms with Crippen LogP contribution in [0.4, 0.5) is 0 Å². The summed E-state index contributed by atoms with van der Waals surface area (Å²) in [4.78, 5) is 13.8. The van der Waals surface area contributed by atoms with E-state index >= 15 is 0 Å². The predicted molar refractivity (Wildman–Crippen MR) is 48.5 cm³/mol. The molecule has 0 unspecified atom stereocenters. The molecular formula is C8H14N4O. The largest absolute Gasteiger partial charge is 0.345 e. The first-order valence-electron chi connectivity index (χ1n) is 4.57. The molecule has 0 atom stereocenters. The summed E-state index contributed by atoms with van der Waals surface area (Å²) in [5.41, 5.74) is 0.0330. The molecule has 1 aromatic heterocycles. The van der Waals surface area contributed by atoms with E-state index in [2.05, 4.69) is 10.00 Å². The highest BCUT2D eigenvalue weighted by molar-refractivity contribution is 4.91. The average molecular weight is 182 g/mol. The maximum Gasteiger partial charge on any atom is 0.345 e. The minimum Gasteiger partial charge on any atom is -0.297 e. The summed E-state index contributed by atoms with van der Waals surface area (Å²) >= 11 is 0. The molecular weight excluding hydrogens is 168 g/mol. The molecule has 0 spiro atoms. The molecule has 1 aromatic rings. The molecule has 5 heteroatoms. The van der Waals surface area contributed by atoms with E-state index in [1.807, 2.05) is 14.0 Å². The van der Waals surface area contributed by atoms with Crippen molar-refractivity contribution in [3.63, 3.8) is 0 Å². The fourth-order valence-corrected chi connectivity index (χ4v) is 1.62. The minimum absolute atomic E-state index is 0.0330. The van der Waals surface area contributed by atoms with Crippen LogP contribution >= 0.6 is 0 Å². The van der Waals surface area contributed by atoms with Gasteiger partial charge in [0.1, 0.15) is 5.82 Å². The van der Waals surface area contributed by atoms with Crippen molar-refractivity contribution < 1.29 is 0 Å². The molecule has 0 saturated heterocycles. The molecule has 0 aromatic carbocycles. The maximum absolute atomic E-state index is 11.6. The van der Waals surface area contributed by atoms with Crippen molar-refractivity contribution >= 4 is 0 Å². The Kier molecular flexibility index (Phi) is 1.95. The fraction of sp³-hybridized carbons (Fsp3) is 0.750. The third-order valence-corrected chi connectivity index (χ3v) is 2.42. The molecule has 0 saturated carbocycles. The summed E-state index contributed by atoms with van der Waals surface area (Å²) in [6.07, 6.45) is 0. The van der Waals surface area contributed by atoms with E-state index in [9.17, 15) is 4.79 Å². The third-order valence-electron chi connectivity index (χ3n) is 2.42. The third kappa shape index (κ3) is 1.29. The van der Waals surface area contributed by atoms with E-state index < -0.39 is 0 Å². The highest BCUT2D eigenvalue weighted by atomic mass is 16.2. The van der Waals surface area contributed by atoms with Crippen molar-refractivity contribution in [2.75, 3.05) is 13.6 Å². The van der Waals surface area contributed by atoms with Crippen LogP contribution in [0.5, 0.6) is 0 Å². The Bertz CT molecular complexity index is 365. The lowest BCUT2D eigenvalue weighted by molar-refractivity contribution is 0.262. The second-order valence-electron chi connectivity index (χ2n) is 3.40. The molecule has 1 aliphatic rings. The lowest BCUT2D eigenvalue weighted by Crippen LogP contribution is -2.35. The Morgan fingerprint density at radius 1 is 1.46 bits per heavy atom. The zero-order chi connectivity index (χ0) is 9.42. The molecule has 2 rings (SSSR count). The van der Waals surface area contributed by atoms with Crippen molar-refractivity contribution in [2.24, 2.45) is 0 Å². The molecule has 72 valence electrons. The van der Waals surface area contributed by atoms with E-state index in [-0.39, 0.29) is 5.69 Å². The first-order valence-corrected chi connectivity index (χ1v) is 4.57. The molecule has 2 heterocycles. The molecule has 0 bridgehead atoms. The number of likely N-dealkylation sites (N-methyl/N-ethyl adjacent to an activating group) is 1. The molecule has 1 aliphatic heterocycles. The van der Waals surface area contributed by atoms with Crippen LogP contribution in [0.25, 0.3) is 0 Å². The molecule has 0 N–H and O–H groups in total. The first-order chi connectivity index (χ1) is 6.22. The second-order valence-corrected chi connectivity index (χ2v) is 3.40. The van der Waals surface area contributed by atoms with Gasteiger partial charge in [-0.2, -0.15) is 5.10 Å². The normalized spacial score (nSPS) is 17.4. The number of nitrogens with zero attached hydrogens (tertiary/aromatic N) is 4. The number of rotatable bonds is 1. The van der Waals surface area contributed by atoms with E-state index in [1.54, 1.807) is 4.57 Å². The second kappa shape index (κ2) is 2.99. The van der Waals surface area contributed by atoms with Crippen LogP contribution in [0.2, 0.25) is 0 Å². The maximum atomic E-state index is 11.6. The first kappa shape index (κ1) is 8.50. The molecule has 0 radical (unpaired) electrons. The van der Waals surface area contributed by atoms with Crippen LogP contribution in [0.1, 0.15) is 12.7 Å². The van der Waals surface area contributed by atoms with Gasteiger partial charge in [-0.05, 0) is 14.0 Å². The van der Waals surface area contributed by atoms with E-state index in [0.717, 1.165) is 25.5 Å². The molecule has 5 nitrogen and oxygen atoms in total. The van der Waals surface area contributed by atoms with Gasteiger partial charge in [0.2, 0.25) is 0 Å². The van der Waals surface area contributed by atoms with Crippen molar-refractivity contribution in [1.29, 1.82) is 0 Å². The lowest BCUT2D eigenvalue weighted by Gasteiger charge is -2.21. The number of fused-ring (bicyclic) bond motifs is 1. The van der Waals surface area contributed by atoms with Gasteiger partial charge >= 0.3 is 5.69 Å². The van der Waals surface area contributed by atoms with Crippen LogP contribution in [0.15, 0.2) is 4.79 Å². The summed E-state index contributed by atoms with van der Waals surface area (Å²) in [5.74, 6) is 0.889. The topological polar surface area (TPSA) is 43.1 Å². The summed E-state index contributed by atoms with van der Waals surface area (Å²) in [6.45, 7) is 5.07.